The lowest BCUT2D eigenvalue weighted by Gasteiger charge is -2.10. The normalized spacial score (nSPS) is 15.8. The second-order valence-corrected chi connectivity index (χ2v) is 6.48. The number of nitrogens with two attached hydrogens (primary N) is 1. The number of fused-ring (bicyclic) bond motifs is 1. The van der Waals surface area contributed by atoms with Crippen molar-refractivity contribution in [1.82, 2.24) is 14.6 Å². The molecule has 0 radical (unpaired) electrons. The molecule has 0 fully saturated rings. The molecule has 2 aromatic rings. The molecule has 0 amide bonds. The van der Waals surface area contributed by atoms with E-state index in [2.05, 4.69) is 17.0 Å². The van der Waals surface area contributed by atoms with Crippen LogP contribution in [-0.4, -0.2) is 27.0 Å². The lowest BCUT2D eigenvalue weighted by Crippen LogP contribution is -2.17. The van der Waals surface area contributed by atoms with Crippen LogP contribution in [0.1, 0.15) is 30.8 Å². The third-order valence-corrected chi connectivity index (χ3v) is 4.54. The monoisotopic (exact) mass is 358 g/mol. The first kappa shape index (κ1) is 17.1. The Balaban J connectivity index is 2.08. The molecule has 2 aromatic heterocycles. The fourth-order valence-electron chi connectivity index (χ4n) is 2.42. The van der Waals surface area contributed by atoms with Crippen LogP contribution in [0.5, 0.6) is 0 Å². The number of ether oxygens (including phenoxy) is 1. The van der Waals surface area contributed by atoms with Gasteiger partial charge in [-0.05, 0) is 37.1 Å². The molecule has 0 saturated heterocycles. The largest absolute Gasteiger partial charge is 0.490 e. The highest BCUT2D eigenvalue weighted by atomic mass is 32.1. The molecule has 0 unspecified atom stereocenters. The van der Waals surface area contributed by atoms with Crippen LogP contribution in [0, 0.1) is 0 Å². The highest BCUT2D eigenvalue weighted by Gasteiger charge is 2.16. The van der Waals surface area contributed by atoms with Gasteiger partial charge in [-0.2, -0.15) is 14.6 Å². The van der Waals surface area contributed by atoms with Crippen molar-refractivity contribution in [2.24, 2.45) is 0 Å². The Kier molecular flexibility index (Phi) is 4.80. The summed E-state index contributed by atoms with van der Waals surface area (Å²) in [6.45, 7) is 4.24. The number of allylic oxidation sites excluding steroid dienone is 4. The van der Waals surface area contributed by atoms with Gasteiger partial charge in [-0.1, -0.05) is 24.3 Å². The Labute approximate surface area is 148 Å². The number of ketones is 1. The molecule has 2 heterocycles. The minimum Gasteiger partial charge on any atom is -0.490 e. The summed E-state index contributed by atoms with van der Waals surface area (Å²) in [4.78, 5) is 28.6. The molecular formula is C17H18N4O3S. The number of nitrogens with zero attached hydrogens (tertiary/aromatic N) is 3. The van der Waals surface area contributed by atoms with E-state index in [0.29, 0.717) is 17.1 Å². The molecule has 8 heteroatoms. The number of nitrogen functional groups attached to an aromatic ring is 1. The van der Waals surface area contributed by atoms with Crippen LogP contribution < -0.4 is 11.3 Å². The van der Waals surface area contributed by atoms with Crippen LogP contribution in [0.2, 0.25) is 0 Å². The smallest absolute Gasteiger partial charge is 0.283 e. The topological polar surface area (TPSA) is 99.6 Å². The quantitative estimate of drug-likeness (QED) is 0.879. The SMILES string of the molecule is CCCc1nn2c(N)c(C=C3C=CC(=O)C(OCC)=C3)c(=O)nc2s1. The van der Waals surface area contributed by atoms with Crippen molar-refractivity contribution in [2.75, 3.05) is 12.3 Å². The summed E-state index contributed by atoms with van der Waals surface area (Å²) in [5, 5.41) is 5.30. The fraction of sp³-hybridized carbons (Fsp3) is 0.294. The van der Waals surface area contributed by atoms with Crippen LogP contribution in [0.3, 0.4) is 0 Å². The minimum atomic E-state index is -0.423. The first-order valence-corrected chi connectivity index (χ1v) is 8.82. The molecule has 2 N–H and O–H groups in total. The van der Waals surface area contributed by atoms with E-state index >= 15 is 0 Å². The summed E-state index contributed by atoms with van der Waals surface area (Å²) in [6.07, 6.45) is 7.95. The molecule has 7 nitrogen and oxygen atoms in total. The zero-order valence-electron chi connectivity index (χ0n) is 14.0. The van der Waals surface area contributed by atoms with Crippen molar-refractivity contribution in [3.63, 3.8) is 0 Å². The average molecular weight is 358 g/mol. The zero-order chi connectivity index (χ0) is 18.0. The van der Waals surface area contributed by atoms with Crippen LogP contribution in [0.15, 0.2) is 34.4 Å². The number of carbonyl (C=O) groups is 1. The summed E-state index contributed by atoms with van der Waals surface area (Å²) in [6, 6.07) is 0. The number of anilines is 1. The summed E-state index contributed by atoms with van der Waals surface area (Å²) in [7, 11) is 0. The third-order valence-electron chi connectivity index (χ3n) is 3.58. The van der Waals surface area contributed by atoms with Gasteiger partial charge in [-0.25, -0.2) is 0 Å². The maximum absolute atomic E-state index is 12.4. The van der Waals surface area contributed by atoms with Gasteiger partial charge in [-0.3, -0.25) is 9.59 Å². The van der Waals surface area contributed by atoms with Gasteiger partial charge >= 0.3 is 0 Å². The van der Waals surface area contributed by atoms with E-state index in [1.807, 2.05) is 0 Å². The van der Waals surface area contributed by atoms with Crippen molar-refractivity contribution in [3.8, 4) is 0 Å². The lowest BCUT2D eigenvalue weighted by molar-refractivity contribution is -0.114. The molecule has 0 aromatic carbocycles. The zero-order valence-corrected chi connectivity index (χ0v) is 14.8. The number of hydrogen-bond acceptors (Lipinski definition) is 7. The van der Waals surface area contributed by atoms with Crippen LogP contribution in [0.4, 0.5) is 5.82 Å². The van der Waals surface area contributed by atoms with Crippen LogP contribution in [0.25, 0.3) is 11.0 Å². The Hall–Kier alpha value is -2.74. The lowest BCUT2D eigenvalue weighted by atomic mass is 10.0. The molecule has 0 aliphatic heterocycles. The van der Waals surface area contributed by atoms with Crippen molar-refractivity contribution in [1.29, 1.82) is 0 Å². The Morgan fingerprint density at radius 2 is 2.12 bits per heavy atom. The van der Waals surface area contributed by atoms with Gasteiger partial charge in [0.15, 0.2) is 5.76 Å². The van der Waals surface area contributed by atoms with E-state index < -0.39 is 5.56 Å². The van der Waals surface area contributed by atoms with E-state index in [4.69, 9.17) is 10.5 Å². The minimum absolute atomic E-state index is 0.207. The number of carbonyl (C=O) groups excluding carboxylic acids is 1. The maximum atomic E-state index is 12.4. The molecule has 25 heavy (non-hydrogen) atoms. The van der Waals surface area contributed by atoms with E-state index in [9.17, 15) is 9.59 Å². The second kappa shape index (κ2) is 7.02. The first-order chi connectivity index (χ1) is 12.0. The van der Waals surface area contributed by atoms with Gasteiger partial charge < -0.3 is 10.5 Å². The highest BCUT2D eigenvalue weighted by molar-refractivity contribution is 7.16. The van der Waals surface area contributed by atoms with E-state index in [0.717, 1.165) is 17.8 Å². The Morgan fingerprint density at radius 1 is 1.32 bits per heavy atom. The van der Waals surface area contributed by atoms with Gasteiger partial charge in [0.25, 0.3) is 5.56 Å². The fourth-order valence-corrected chi connectivity index (χ4v) is 3.41. The first-order valence-electron chi connectivity index (χ1n) is 8.00. The molecule has 1 aliphatic carbocycles. The number of aryl methyl sites for hydroxylation is 1. The van der Waals surface area contributed by atoms with E-state index in [1.54, 1.807) is 25.2 Å². The summed E-state index contributed by atoms with van der Waals surface area (Å²) in [5.74, 6) is 0.265. The molecule has 0 atom stereocenters. The van der Waals surface area contributed by atoms with E-state index in [1.165, 1.54) is 21.9 Å². The van der Waals surface area contributed by atoms with Crippen LogP contribution >= 0.6 is 11.3 Å². The molecule has 130 valence electrons. The average Bonchev–Trinajstić information content (AvgIpc) is 2.97. The van der Waals surface area contributed by atoms with Crippen molar-refractivity contribution < 1.29 is 9.53 Å². The summed E-state index contributed by atoms with van der Waals surface area (Å²) in [5.41, 5.74) is 6.60. The number of rotatable bonds is 5. The van der Waals surface area contributed by atoms with Gasteiger partial charge in [0.05, 0.1) is 12.2 Å². The standard InChI is InChI=1S/C17H18N4O3S/c1-3-5-14-20-21-15(18)11(16(23)19-17(21)25-14)8-10-6-7-12(22)13(9-10)24-4-2/h6-9H,3-5,18H2,1-2H3. The van der Waals surface area contributed by atoms with Crippen LogP contribution in [-0.2, 0) is 16.0 Å². The van der Waals surface area contributed by atoms with Gasteiger partial charge in [0.2, 0.25) is 10.7 Å². The Morgan fingerprint density at radius 3 is 2.84 bits per heavy atom. The number of aromatic nitrogens is 3. The molecule has 3 rings (SSSR count). The molecule has 0 saturated carbocycles. The Bertz CT molecular complexity index is 982. The predicted molar refractivity (Wildman–Crippen MR) is 97.4 cm³/mol. The van der Waals surface area contributed by atoms with Crippen molar-refractivity contribution >= 4 is 34.0 Å². The summed E-state index contributed by atoms with van der Waals surface area (Å²) >= 11 is 1.36. The van der Waals surface area contributed by atoms with Crippen molar-refractivity contribution in [2.45, 2.75) is 26.7 Å². The van der Waals surface area contributed by atoms with E-state index in [-0.39, 0.29) is 22.9 Å². The maximum Gasteiger partial charge on any atom is 0.283 e. The van der Waals surface area contributed by atoms with Gasteiger partial charge in [0.1, 0.15) is 10.8 Å². The van der Waals surface area contributed by atoms with Gasteiger partial charge in [0, 0.05) is 6.42 Å². The highest BCUT2D eigenvalue weighted by Crippen LogP contribution is 2.21. The summed E-state index contributed by atoms with van der Waals surface area (Å²) < 4.78 is 6.80. The van der Waals surface area contributed by atoms with Gasteiger partial charge in [-0.15, -0.1) is 0 Å². The number of hydrogen-bond donors (Lipinski definition) is 1. The molecule has 1 aliphatic rings. The molecule has 0 spiro atoms. The molecule has 0 bridgehead atoms. The predicted octanol–water partition coefficient (Wildman–Crippen LogP) is 2.13. The van der Waals surface area contributed by atoms with Crippen molar-refractivity contribution in [3.05, 3.63) is 50.5 Å². The molecular weight excluding hydrogens is 340 g/mol. The third kappa shape index (κ3) is 3.39. The second-order valence-electron chi connectivity index (χ2n) is 5.44.